The van der Waals surface area contributed by atoms with E-state index < -0.39 is 0 Å². The second-order valence-electron chi connectivity index (χ2n) is 7.44. The molecule has 7 nitrogen and oxygen atoms in total. The number of aromatic nitrogens is 3. The van der Waals surface area contributed by atoms with E-state index in [2.05, 4.69) is 15.1 Å². The van der Waals surface area contributed by atoms with Gasteiger partial charge in [-0.15, -0.1) is 0 Å². The molecule has 3 heterocycles. The molecular formula is C23H22N4O3. The summed E-state index contributed by atoms with van der Waals surface area (Å²) in [5.41, 5.74) is 2.81. The fraction of sp³-hybridized carbons (Fsp3) is 0.261. The molecule has 0 saturated carbocycles. The summed E-state index contributed by atoms with van der Waals surface area (Å²) in [5, 5.41) is 5.22. The van der Waals surface area contributed by atoms with Crippen LogP contribution in [0.25, 0.3) is 22.3 Å². The first kappa shape index (κ1) is 18.4. The summed E-state index contributed by atoms with van der Waals surface area (Å²) in [6, 6.07) is 15.4. The molecule has 30 heavy (non-hydrogen) atoms. The predicted octanol–water partition coefficient (Wildman–Crippen LogP) is 4.13. The Morgan fingerprint density at radius 2 is 2.07 bits per heavy atom. The lowest BCUT2D eigenvalue weighted by molar-refractivity contribution is -0.131. The average molecular weight is 402 g/mol. The smallest absolute Gasteiger partial charge is 0.249 e. The second kappa shape index (κ2) is 7.67. The first-order chi connectivity index (χ1) is 14.7. The molecule has 1 saturated heterocycles. The van der Waals surface area contributed by atoms with Gasteiger partial charge in [0.25, 0.3) is 0 Å². The van der Waals surface area contributed by atoms with E-state index >= 15 is 0 Å². The number of methoxy groups -OCH3 is 1. The Kier molecular flexibility index (Phi) is 4.71. The van der Waals surface area contributed by atoms with Gasteiger partial charge in [0.05, 0.1) is 19.1 Å². The number of H-pyrrole nitrogens is 1. The number of carbonyl (C=O) groups excluding carboxylic acids is 1. The standard InChI is InChI=1S/C23H22N4O3/c1-29-20-11-5-3-8-17(20)22-25-23(30-26-22)19-10-6-12-27(19)21(28)13-15-14-24-18-9-4-2-7-16(15)18/h2-5,7-9,11,14,19,24H,6,10,12-13H2,1H3/t19-/m0/s1. The summed E-state index contributed by atoms with van der Waals surface area (Å²) >= 11 is 0. The summed E-state index contributed by atoms with van der Waals surface area (Å²) in [7, 11) is 1.61. The molecule has 0 aliphatic carbocycles. The normalized spacial score (nSPS) is 16.3. The molecule has 1 aliphatic heterocycles. The van der Waals surface area contributed by atoms with E-state index in [1.165, 1.54) is 0 Å². The second-order valence-corrected chi connectivity index (χ2v) is 7.44. The van der Waals surface area contributed by atoms with Gasteiger partial charge in [-0.3, -0.25) is 4.79 Å². The van der Waals surface area contributed by atoms with Crippen LogP contribution in [-0.2, 0) is 11.2 Å². The van der Waals surface area contributed by atoms with Crippen molar-refractivity contribution < 1.29 is 14.1 Å². The molecule has 1 N–H and O–H groups in total. The van der Waals surface area contributed by atoms with Gasteiger partial charge in [0, 0.05) is 23.6 Å². The van der Waals surface area contributed by atoms with Gasteiger partial charge >= 0.3 is 0 Å². The average Bonchev–Trinajstić information content (AvgIpc) is 3.53. The van der Waals surface area contributed by atoms with Crippen LogP contribution in [0.3, 0.4) is 0 Å². The molecule has 152 valence electrons. The molecule has 7 heteroatoms. The van der Waals surface area contributed by atoms with Crippen LogP contribution >= 0.6 is 0 Å². The summed E-state index contributed by atoms with van der Waals surface area (Å²) < 4.78 is 11.0. The Morgan fingerprint density at radius 3 is 2.97 bits per heavy atom. The lowest BCUT2D eigenvalue weighted by atomic mass is 10.1. The van der Waals surface area contributed by atoms with Crippen LogP contribution in [0.4, 0.5) is 0 Å². The molecular weight excluding hydrogens is 380 g/mol. The number of ether oxygens (including phenoxy) is 1. The number of hydrogen-bond acceptors (Lipinski definition) is 5. The van der Waals surface area contributed by atoms with Crippen molar-refractivity contribution in [2.45, 2.75) is 25.3 Å². The van der Waals surface area contributed by atoms with E-state index in [4.69, 9.17) is 9.26 Å². The van der Waals surface area contributed by atoms with Gasteiger partial charge in [-0.05, 0) is 36.6 Å². The van der Waals surface area contributed by atoms with Crippen LogP contribution in [-0.4, -0.2) is 39.6 Å². The number of aromatic amines is 1. The van der Waals surface area contributed by atoms with Crippen LogP contribution < -0.4 is 4.74 Å². The number of hydrogen-bond donors (Lipinski definition) is 1. The van der Waals surface area contributed by atoms with Crippen LogP contribution in [0.5, 0.6) is 5.75 Å². The molecule has 2 aromatic carbocycles. The van der Waals surface area contributed by atoms with Crippen LogP contribution in [0.1, 0.15) is 30.3 Å². The van der Waals surface area contributed by atoms with E-state index in [1.807, 2.05) is 59.6 Å². The van der Waals surface area contributed by atoms with Crippen molar-refractivity contribution in [1.29, 1.82) is 0 Å². The minimum atomic E-state index is -0.196. The number of nitrogens with one attached hydrogen (secondary N) is 1. The molecule has 1 aliphatic rings. The maximum absolute atomic E-state index is 13.1. The minimum absolute atomic E-state index is 0.0688. The summed E-state index contributed by atoms with van der Waals surface area (Å²) in [4.78, 5) is 22.8. The van der Waals surface area contributed by atoms with Crippen molar-refractivity contribution >= 4 is 16.8 Å². The third-order valence-corrected chi connectivity index (χ3v) is 5.66. The minimum Gasteiger partial charge on any atom is -0.496 e. The fourth-order valence-electron chi connectivity index (χ4n) is 4.17. The molecule has 0 radical (unpaired) electrons. The largest absolute Gasteiger partial charge is 0.496 e. The SMILES string of the molecule is COc1ccccc1-c1noc([C@@H]2CCCN2C(=O)Cc2c[nH]c3ccccc23)n1. The van der Waals surface area contributed by atoms with E-state index in [-0.39, 0.29) is 11.9 Å². The number of nitrogens with zero attached hydrogens (tertiary/aromatic N) is 3. The Labute approximate surface area is 173 Å². The number of rotatable bonds is 5. The molecule has 0 unspecified atom stereocenters. The van der Waals surface area contributed by atoms with Crippen molar-refractivity contribution in [3.63, 3.8) is 0 Å². The van der Waals surface area contributed by atoms with Gasteiger partial charge in [0.2, 0.25) is 17.6 Å². The molecule has 0 bridgehead atoms. The number of likely N-dealkylation sites (tertiary alicyclic amines) is 1. The highest BCUT2D eigenvalue weighted by Crippen LogP contribution is 2.34. The Hall–Kier alpha value is -3.61. The van der Waals surface area contributed by atoms with Gasteiger partial charge in [0.15, 0.2) is 0 Å². The molecule has 5 rings (SSSR count). The van der Waals surface area contributed by atoms with E-state index in [9.17, 15) is 4.79 Å². The van der Waals surface area contributed by atoms with E-state index in [0.29, 0.717) is 30.4 Å². The Balaban J connectivity index is 1.38. The predicted molar refractivity (Wildman–Crippen MR) is 112 cm³/mol. The van der Waals surface area contributed by atoms with Crippen LogP contribution in [0.2, 0.25) is 0 Å². The third kappa shape index (κ3) is 3.22. The molecule has 2 aromatic heterocycles. The zero-order valence-electron chi connectivity index (χ0n) is 16.7. The van der Waals surface area contributed by atoms with Gasteiger partial charge < -0.3 is 19.1 Å². The highest BCUT2D eigenvalue weighted by atomic mass is 16.5. The highest BCUT2D eigenvalue weighted by Gasteiger charge is 2.34. The molecule has 4 aromatic rings. The van der Waals surface area contributed by atoms with Crippen molar-refractivity contribution in [3.8, 4) is 17.1 Å². The van der Waals surface area contributed by atoms with E-state index in [0.717, 1.165) is 34.9 Å². The summed E-state index contributed by atoms with van der Waals surface area (Å²) in [6.45, 7) is 0.693. The quantitative estimate of drug-likeness (QED) is 0.543. The molecule has 1 atom stereocenters. The van der Waals surface area contributed by atoms with Crippen molar-refractivity contribution in [1.82, 2.24) is 20.0 Å². The number of carbonyl (C=O) groups is 1. The Bertz CT molecular complexity index is 1200. The van der Waals surface area contributed by atoms with Gasteiger partial charge in [-0.25, -0.2) is 0 Å². The monoisotopic (exact) mass is 402 g/mol. The first-order valence-electron chi connectivity index (χ1n) is 10.1. The highest BCUT2D eigenvalue weighted by molar-refractivity contribution is 5.89. The van der Waals surface area contributed by atoms with Crippen molar-refractivity contribution in [2.75, 3.05) is 13.7 Å². The lowest BCUT2D eigenvalue weighted by Crippen LogP contribution is -2.32. The number of amides is 1. The number of para-hydroxylation sites is 2. The molecule has 1 fully saturated rings. The van der Waals surface area contributed by atoms with Gasteiger partial charge in [-0.1, -0.05) is 35.5 Å². The Morgan fingerprint density at radius 1 is 1.23 bits per heavy atom. The zero-order valence-corrected chi connectivity index (χ0v) is 16.7. The summed E-state index contributed by atoms with van der Waals surface area (Å²) in [5.74, 6) is 1.70. The number of fused-ring (bicyclic) bond motifs is 1. The van der Waals surface area contributed by atoms with Gasteiger partial charge in [0.1, 0.15) is 11.8 Å². The molecule has 1 amide bonds. The maximum Gasteiger partial charge on any atom is 0.249 e. The van der Waals surface area contributed by atoms with E-state index in [1.54, 1.807) is 7.11 Å². The zero-order chi connectivity index (χ0) is 20.5. The number of benzene rings is 2. The van der Waals surface area contributed by atoms with Crippen LogP contribution in [0.15, 0.2) is 59.3 Å². The van der Waals surface area contributed by atoms with Crippen molar-refractivity contribution in [3.05, 3.63) is 66.2 Å². The third-order valence-electron chi connectivity index (χ3n) is 5.66. The topological polar surface area (TPSA) is 84.3 Å². The summed E-state index contributed by atoms with van der Waals surface area (Å²) in [6.07, 6.45) is 3.98. The van der Waals surface area contributed by atoms with Crippen LogP contribution in [0, 0.1) is 0 Å². The maximum atomic E-state index is 13.1. The lowest BCUT2D eigenvalue weighted by Gasteiger charge is -2.21. The van der Waals surface area contributed by atoms with Gasteiger partial charge in [-0.2, -0.15) is 4.98 Å². The van der Waals surface area contributed by atoms with Crippen molar-refractivity contribution in [2.24, 2.45) is 0 Å². The fourth-order valence-corrected chi connectivity index (χ4v) is 4.17. The molecule has 0 spiro atoms. The first-order valence-corrected chi connectivity index (χ1v) is 10.1.